The minimum Gasteiger partial charge on any atom is -0.353 e. The third-order valence-corrected chi connectivity index (χ3v) is 5.75. The number of nitrogens with zero attached hydrogens (tertiary/aromatic N) is 3. The molecule has 0 amide bonds. The largest absolute Gasteiger partial charge is 0.353 e. The molecule has 0 fully saturated rings. The molecule has 0 saturated heterocycles. The van der Waals surface area contributed by atoms with Gasteiger partial charge in [0.05, 0.1) is 11.0 Å². The number of benzene rings is 3. The van der Waals surface area contributed by atoms with E-state index in [1.54, 1.807) is 0 Å². The quantitative estimate of drug-likeness (QED) is 0.219. The highest BCUT2D eigenvalue weighted by Gasteiger charge is 2.26. The van der Waals surface area contributed by atoms with Crippen molar-refractivity contribution in [3.8, 4) is 0 Å². The van der Waals surface area contributed by atoms with Crippen molar-refractivity contribution in [3.05, 3.63) is 118 Å². The first kappa shape index (κ1) is 20.6. The fourth-order valence-electron chi connectivity index (χ4n) is 3.21. The van der Waals surface area contributed by atoms with Gasteiger partial charge >= 0.3 is 5.69 Å². The molecule has 0 spiro atoms. The van der Waals surface area contributed by atoms with E-state index in [1.165, 1.54) is 18.1 Å². The summed E-state index contributed by atoms with van der Waals surface area (Å²) in [6.45, 7) is 2.00. The van der Waals surface area contributed by atoms with Gasteiger partial charge in [0.2, 0.25) is 5.82 Å². The molecule has 0 aliphatic carbocycles. The molecule has 0 unspecified atom stereocenters. The topological polar surface area (TPSA) is 81.0 Å². The van der Waals surface area contributed by atoms with E-state index in [0.717, 1.165) is 21.6 Å². The van der Waals surface area contributed by atoms with Crippen LogP contribution >= 0.6 is 11.8 Å². The lowest BCUT2D eigenvalue weighted by Crippen LogP contribution is -2.15. The molecule has 31 heavy (non-hydrogen) atoms. The van der Waals surface area contributed by atoms with E-state index in [9.17, 15) is 10.1 Å². The SMILES string of the molecule is Cc1ccc(Sc2ncnc(NC(c3ccccc3)c3ccccc3)c2[N+](=O)[O-])cc1. The lowest BCUT2D eigenvalue weighted by Gasteiger charge is -2.20. The van der Waals surface area contributed by atoms with Crippen LogP contribution in [0.4, 0.5) is 11.5 Å². The Bertz CT molecular complexity index is 1130. The van der Waals surface area contributed by atoms with Crippen molar-refractivity contribution >= 4 is 23.3 Å². The average molecular weight is 429 g/mol. The van der Waals surface area contributed by atoms with Crippen molar-refractivity contribution in [3.63, 3.8) is 0 Å². The van der Waals surface area contributed by atoms with Crippen LogP contribution in [0.15, 0.2) is 101 Å². The molecule has 1 aromatic heterocycles. The number of nitro groups is 1. The molecule has 0 atom stereocenters. The maximum atomic E-state index is 12.0. The van der Waals surface area contributed by atoms with Gasteiger partial charge in [-0.15, -0.1) is 0 Å². The Kier molecular flexibility index (Phi) is 6.24. The third kappa shape index (κ3) is 4.90. The number of rotatable bonds is 7. The van der Waals surface area contributed by atoms with Crippen LogP contribution in [0.25, 0.3) is 0 Å². The van der Waals surface area contributed by atoms with Crippen LogP contribution in [0.5, 0.6) is 0 Å². The second kappa shape index (κ2) is 9.40. The van der Waals surface area contributed by atoms with Crippen molar-refractivity contribution in [2.24, 2.45) is 0 Å². The first-order valence-corrected chi connectivity index (χ1v) is 10.5. The number of nitrogens with one attached hydrogen (secondary N) is 1. The Labute approximate surface area is 184 Å². The summed E-state index contributed by atoms with van der Waals surface area (Å²) in [6, 6.07) is 27.1. The number of hydrogen-bond acceptors (Lipinski definition) is 6. The van der Waals surface area contributed by atoms with Gasteiger partial charge in [0, 0.05) is 4.90 Å². The average Bonchev–Trinajstić information content (AvgIpc) is 2.80. The normalized spacial score (nSPS) is 10.8. The lowest BCUT2D eigenvalue weighted by atomic mass is 9.99. The molecular formula is C24H20N4O2S. The zero-order valence-corrected chi connectivity index (χ0v) is 17.6. The molecule has 0 radical (unpaired) electrons. The van der Waals surface area contributed by atoms with Gasteiger partial charge in [-0.05, 0) is 30.2 Å². The Hall–Kier alpha value is -3.71. The summed E-state index contributed by atoms with van der Waals surface area (Å²) in [4.78, 5) is 20.9. The van der Waals surface area contributed by atoms with E-state index in [2.05, 4.69) is 15.3 Å². The van der Waals surface area contributed by atoms with Gasteiger partial charge < -0.3 is 5.32 Å². The van der Waals surface area contributed by atoms with E-state index in [0.29, 0.717) is 5.03 Å². The number of aromatic nitrogens is 2. The smallest absolute Gasteiger partial charge is 0.343 e. The molecule has 3 aromatic carbocycles. The maximum absolute atomic E-state index is 12.0. The van der Waals surface area contributed by atoms with Crippen molar-refractivity contribution in [2.75, 3.05) is 5.32 Å². The predicted octanol–water partition coefficient (Wildman–Crippen LogP) is 6.05. The van der Waals surface area contributed by atoms with Crippen LogP contribution in [0.1, 0.15) is 22.7 Å². The van der Waals surface area contributed by atoms with Gasteiger partial charge in [-0.3, -0.25) is 10.1 Å². The monoisotopic (exact) mass is 428 g/mol. The highest BCUT2D eigenvalue weighted by Crippen LogP contribution is 2.38. The van der Waals surface area contributed by atoms with Crippen molar-refractivity contribution in [2.45, 2.75) is 22.9 Å². The van der Waals surface area contributed by atoms with Crippen molar-refractivity contribution in [1.82, 2.24) is 9.97 Å². The minimum absolute atomic E-state index is 0.134. The first-order valence-electron chi connectivity index (χ1n) is 9.72. The Balaban J connectivity index is 1.74. The summed E-state index contributed by atoms with van der Waals surface area (Å²) in [5, 5.41) is 15.6. The minimum atomic E-state index is -0.425. The standard InChI is InChI=1S/C24H20N4O2S/c1-17-12-14-20(15-13-17)31-24-22(28(29)30)23(25-16-26-24)27-21(18-8-4-2-5-9-18)19-10-6-3-7-11-19/h2-16,21H,1H3,(H,25,26,27). The van der Waals surface area contributed by atoms with Crippen LogP contribution in [0, 0.1) is 17.0 Å². The summed E-state index contributed by atoms with van der Waals surface area (Å²) < 4.78 is 0. The molecule has 1 heterocycles. The van der Waals surface area contributed by atoms with E-state index < -0.39 is 4.92 Å². The van der Waals surface area contributed by atoms with Gasteiger partial charge in [-0.1, -0.05) is 90.1 Å². The molecule has 154 valence electrons. The van der Waals surface area contributed by atoms with Crippen molar-refractivity contribution in [1.29, 1.82) is 0 Å². The van der Waals surface area contributed by atoms with Crippen LogP contribution in [0.2, 0.25) is 0 Å². The molecule has 4 aromatic rings. The number of aryl methyl sites for hydroxylation is 1. The van der Waals surface area contributed by atoms with E-state index in [1.807, 2.05) is 91.9 Å². The van der Waals surface area contributed by atoms with Gasteiger partial charge in [-0.2, -0.15) is 0 Å². The zero-order valence-electron chi connectivity index (χ0n) is 16.8. The number of anilines is 1. The highest BCUT2D eigenvalue weighted by molar-refractivity contribution is 7.99. The van der Waals surface area contributed by atoms with Gasteiger partial charge in [0.1, 0.15) is 6.33 Å². The summed E-state index contributed by atoms with van der Waals surface area (Å²) in [6.07, 6.45) is 1.36. The summed E-state index contributed by atoms with van der Waals surface area (Å²) in [5.41, 5.74) is 2.95. The fraction of sp³-hybridized carbons (Fsp3) is 0.0833. The Morgan fingerprint density at radius 3 is 2.00 bits per heavy atom. The summed E-state index contributed by atoms with van der Waals surface area (Å²) in [5.74, 6) is 0.187. The molecule has 7 heteroatoms. The van der Waals surface area contributed by atoms with E-state index >= 15 is 0 Å². The number of hydrogen-bond donors (Lipinski definition) is 1. The molecule has 0 bridgehead atoms. The lowest BCUT2D eigenvalue weighted by molar-refractivity contribution is -0.387. The fourth-order valence-corrected chi connectivity index (χ4v) is 4.08. The third-order valence-electron chi connectivity index (χ3n) is 4.75. The summed E-state index contributed by atoms with van der Waals surface area (Å²) >= 11 is 1.25. The molecule has 6 nitrogen and oxygen atoms in total. The first-order chi connectivity index (χ1) is 15.1. The molecule has 0 aliphatic rings. The summed E-state index contributed by atoms with van der Waals surface area (Å²) in [7, 11) is 0. The van der Waals surface area contributed by atoms with Gasteiger partial charge in [-0.25, -0.2) is 9.97 Å². The second-order valence-electron chi connectivity index (χ2n) is 6.95. The van der Waals surface area contributed by atoms with Gasteiger partial charge in [0.15, 0.2) is 5.03 Å². The molecule has 0 saturated carbocycles. The Morgan fingerprint density at radius 2 is 1.45 bits per heavy atom. The molecule has 4 rings (SSSR count). The van der Waals surface area contributed by atoms with Gasteiger partial charge in [0.25, 0.3) is 0 Å². The zero-order chi connectivity index (χ0) is 21.6. The molecule has 0 aliphatic heterocycles. The highest BCUT2D eigenvalue weighted by atomic mass is 32.2. The second-order valence-corrected chi connectivity index (χ2v) is 8.01. The van der Waals surface area contributed by atoms with E-state index in [-0.39, 0.29) is 17.5 Å². The maximum Gasteiger partial charge on any atom is 0.343 e. The Morgan fingerprint density at radius 1 is 0.871 bits per heavy atom. The van der Waals surface area contributed by atoms with E-state index in [4.69, 9.17) is 0 Å². The van der Waals surface area contributed by atoms with Crippen LogP contribution in [-0.2, 0) is 0 Å². The predicted molar refractivity (Wildman–Crippen MR) is 122 cm³/mol. The van der Waals surface area contributed by atoms with Crippen LogP contribution in [0.3, 0.4) is 0 Å². The van der Waals surface area contributed by atoms with Crippen LogP contribution in [-0.4, -0.2) is 14.9 Å². The van der Waals surface area contributed by atoms with Crippen LogP contribution < -0.4 is 5.32 Å². The molecule has 1 N–H and O–H groups in total. The molecular weight excluding hydrogens is 408 g/mol. The van der Waals surface area contributed by atoms with Crippen molar-refractivity contribution < 1.29 is 4.92 Å².